The van der Waals surface area contributed by atoms with Gasteiger partial charge in [-0.05, 0) is 24.9 Å². The van der Waals surface area contributed by atoms with Crippen molar-refractivity contribution in [2.45, 2.75) is 30.9 Å². The largest absolute Gasteiger partial charge is 0.445 e. The molecule has 2 heterocycles. The molecule has 3 rings (SSSR count). The molecule has 1 spiro atoms. The van der Waals surface area contributed by atoms with Crippen LogP contribution < -0.4 is 5.32 Å². The van der Waals surface area contributed by atoms with E-state index in [2.05, 4.69) is 5.32 Å². The zero-order valence-corrected chi connectivity index (χ0v) is 11.6. The Morgan fingerprint density at radius 1 is 1.33 bits per heavy atom. The van der Waals surface area contributed by atoms with E-state index in [1.165, 1.54) is 4.90 Å². The van der Waals surface area contributed by atoms with Crippen LogP contribution in [0.1, 0.15) is 18.4 Å². The molecule has 1 atom stereocenters. The Morgan fingerprint density at radius 2 is 2.10 bits per heavy atom. The van der Waals surface area contributed by atoms with Gasteiger partial charge in [0.1, 0.15) is 12.1 Å². The Bertz CT molecular complexity index is 516. The standard InChI is InChI=1S/C15H18F2N2O2/c16-15(17)11-19(14(15)7-4-8-18-10-14)13(20)21-9-12-5-2-1-3-6-12/h1-3,5-6,18H,4,7-11H2. The van der Waals surface area contributed by atoms with Gasteiger partial charge in [0.25, 0.3) is 5.92 Å². The molecular weight excluding hydrogens is 278 g/mol. The molecule has 1 aromatic carbocycles. The van der Waals surface area contributed by atoms with Crippen molar-refractivity contribution >= 4 is 6.09 Å². The minimum Gasteiger partial charge on any atom is -0.445 e. The fraction of sp³-hybridized carbons (Fsp3) is 0.533. The van der Waals surface area contributed by atoms with E-state index < -0.39 is 24.1 Å². The van der Waals surface area contributed by atoms with Gasteiger partial charge in [-0.25, -0.2) is 13.6 Å². The molecule has 1 aromatic rings. The minimum absolute atomic E-state index is 0.102. The molecule has 6 heteroatoms. The SMILES string of the molecule is O=C(OCc1ccccc1)N1CC(F)(F)C12CCCNC2. The van der Waals surface area contributed by atoms with E-state index in [0.717, 1.165) is 5.56 Å². The summed E-state index contributed by atoms with van der Waals surface area (Å²) >= 11 is 0. The lowest BCUT2D eigenvalue weighted by atomic mass is 9.75. The first-order valence-corrected chi connectivity index (χ1v) is 7.12. The van der Waals surface area contributed by atoms with Gasteiger partial charge in [-0.15, -0.1) is 0 Å². The number of carbonyl (C=O) groups excluding carboxylic acids is 1. The van der Waals surface area contributed by atoms with Gasteiger partial charge in [0.05, 0.1) is 6.54 Å². The average Bonchev–Trinajstić information content (AvgIpc) is 2.52. The molecule has 1 amide bonds. The van der Waals surface area contributed by atoms with E-state index in [1.54, 1.807) is 0 Å². The van der Waals surface area contributed by atoms with Crippen LogP contribution in [-0.4, -0.2) is 42.1 Å². The van der Waals surface area contributed by atoms with Crippen LogP contribution >= 0.6 is 0 Å². The van der Waals surface area contributed by atoms with Crippen LogP contribution in [0.25, 0.3) is 0 Å². The smallest absolute Gasteiger partial charge is 0.411 e. The van der Waals surface area contributed by atoms with Crippen molar-refractivity contribution in [3.8, 4) is 0 Å². The topological polar surface area (TPSA) is 41.6 Å². The van der Waals surface area contributed by atoms with Gasteiger partial charge in [-0.1, -0.05) is 30.3 Å². The first-order valence-electron chi connectivity index (χ1n) is 7.12. The summed E-state index contributed by atoms with van der Waals surface area (Å²) in [7, 11) is 0. The monoisotopic (exact) mass is 296 g/mol. The normalized spacial score (nSPS) is 27.2. The Kier molecular flexibility index (Phi) is 3.57. The van der Waals surface area contributed by atoms with Crippen LogP contribution in [0.2, 0.25) is 0 Å². The number of piperidine rings is 1. The second-order valence-electron chi connectivity index (χ2n) is 5.64. The van der Waals surface area contributed by atoms with E-state index in [9.17, 15) is 13.6 Å². The van der Waals surface area contributed by atoms with Gasteiger partial charge in [0, 0.05) is 6.54 Å². The second-order valence-corrected chi connectivity index (χ2v) is 5.64. The highest BCUT2D eigenvalue weighted by Gasteiger charge is 2.69. The Balaban J connectivity index is 1.65. The lowest BCUT2D eigenvalue weighted by Gasteiger charge is -2.58. The Labute approximate surface area is 122 Å². The number of benzene rings is 1. The summed E-state index contributed by atoms with van der Waals surface area (Å²) in [5, 5.41) is 2.96. The quantitative estimate of drug-likeness (QED) is 0.911. The van der Waals surface area contributed by atoms with E-state index in [0.29, 0.717) is 19.4 Å². The van der Waals surface area contributed by atoms with Crippen molar-refractivity contribution in [1.29, 1.82) is 0 Å². The van der Waals surface area contributed by atoms with Gasteiger partial charge < -0.3 is 10.1 Å². The molecule has 4 nitrogen and oxygen atoms in total. The van der Waals surface area contributed by atoms with Crippen molar-refractivity contribution in [2.24, 2.45) is 0 Å². The average molecular weight is 296 g/mol. The van der Waals surface area contributed by atoms with Crippen LogP contribution in [0.5, 0.6) is 0 Å². The third kappa shape index (κ3) is 2.37. The first kappa shape index (κ1) is 14.3. The number of nitrogens with one attached hydrogen (secondary N) is 1. The molecule has 1 N–H and O–H groups in total. The number of hydrogen-bond acceptors (Lipinski definition) is 3. The maximum atomic E-state index is 14.0. The molecule has 0 radical (unpaired) electrons. The molecular formula is C15H18F2N2O2. The van der Waals surface area contributed by atoms with Gasteiger partial charge in [-0.2, -0.15) is 0 Å². The van der Waals surface area contributed by atoms with Crippen molar-refractivity contribution < 1.29 is 18.3 Å². The van der Waals surface area contributed by atoms with E-state index in [4.69, 9.17) is 4.74 Å². The maximum Gasteiger partial charge on any atom is 0.411 e. The number of alkyl halides is 2. The van der Waals surface area contributed by atoms with Crippen molar-refractivity contribution in [1.82, 2.24) is 10.2 Å². The van der Waals surface area contributed by atoms with E-state index in [-0.39, 0.29) is 13.2 Å². The number of carbonyl (C=O) groups is 1. The number of hydrogen-bond donors (Lipinski definition) is 1. The summed E-state index contributed by atoms with van der Waals surface area (Å²) in [6.07, 6.45) is 0.291. The van der Waals surface area contributed by atoms with Gasteiger partial charge in [0.2, 0.25) is 0 Å². The Morgan fingerprint density at radius 3 is 2.71 bits per heavy atom. The zero-order chi connectivity index (χ0) is 14.9. The predicted molar refractivity (Wildman–Crippen MR) is 73.1 cm³/mol. The maximum absolute atomic E-state index is 14.0. The van der Waals surface area contributed by atoms with Crippen LogP contribution in [0.15, 0.2) is 30.3 Å². The number of ether oxygens (including phenoxy) is 1. The number of amides is 1. The fourth-order valence-corrected chi connectivity index (χ4v) is 3.07. The third-order valence-electron chi connectivity index (χ3n) is 4.34. The van der Waals surface area contributed by atoms with Crippen molar-refractivity contribution in [2.75, 3.05) is 19.6 Å². The molecule has 2 saturated heterocycles. The number of nitrogens with zero attached hydrogens (tertiary/aromatic N) is 1. The minimum atomic E-state index is -2.84. The molecule has 1 unspecified atom stereocenters. The third-order valence-corrected chi connectivity index (χ3v) is 4.34. The number of halogens is 2. The molecule has 0 bridgehead atoms. The van der Waals surface area contributed by atoms with Gasteiger partial charge in [-0.3, -0.25) is 4.90 Å². The predicted octanol–water partition coefficient (Wildman–Crippen LogP) is 2.40. The van der Waals surface area contributed by atoms with Crippen molar-refractivity contribution in [3.05, 3.63) is 35.9 Å². The summed E-state index contributed by atoms with van der Waals surface area (Å²) in [4.78, 5) is 13.3. The summed E-state index contributed by atoms with van der Waals surface area (Å²) in [6, 6.07) is 9.21. The highest BCUT2D eigenvalue weighted by molar-refractivity contribution is 5.71. The molecule has 2 fully saturated rings. The number of rotatable bonds is 2. The highest BCUT2D eigenvalue weighted by Crippen LogP contribution is 2.48. The molecule has 0 aliphatic carbocycles. The molecule has 2 aliphatic rings. The molecule has 114 valence electrons. The Hall–Kier alpha value is -1.69. The number of likely N-dealkylation sites (tertiary alicyclic amines) is 1. The van der Waals surface area contributed by atoms with Crippen LogP contribution in [0, 0.1) is 0 Å². The zero-order valence-electron chi connectivity index (χ0n) is 11.6. The first-order chi connectivity index (χ1) is 10.1. The van der Waals surface area contributed by atoms with Crippen LogP contribution in [0.3, 0.4) is 0 Å². The lowest BCUT2D eigenvalue weighted by molar-refractivity contribution is -0.236. The molecule has 21 heavy (non-hydrogen) atoms. The summed E-state index contributed by atoms with van der Waals surface area (Å²) in [5.41, 5.74) is -0.562. The summed E-state index contributed by atoms with van der Waals surface area (Å²) < 4.78 is 33.1. The van der Waals surface area contributed by atoms with Gasteiger partial charge >= 0.3 is 6.09 Å². The lowest BCUT2D eigenvalue weighted by Crippen LogP contribution is -2.80. The van der Waals surface area contributed by atoms with Crippen LogP contribution in [0.4, 0.5) is 13.6 Å². The second kappa shape index (κ2) is 5.26. The molecule has 2 aliphatic heterocycles. The van der Waals surface area contributed by atoms with Crippen LogP contribution in [-0.2, 0) is 11.3 Å². The van der Waals surface area contributed by atoms with E-state index >= 15 is 0 Å². The molecule has 0 aromatic heterocycles. The van der Waals surface area contributed by atoms with Crippen molar-refractivity contribution in [3.63, 3.8) is 0 Å². The van der Waals surface area contributed by atoms with E-state index in [1.807, 2.05) is 30.3 Å². The molecule has 0 saturated carbocycles. The van der Waals surface area contributed by atoms with Gasteiger partial charge in [0.15, 0.2) is 0 Å². The summed E-state index contributed by atoms with van der Waals surface area (Å²) in [5.74, 6) is -2.84. The fourth-order valence-electron chi connectivity index (χ4n) is 3.07. The highest BCUT2D eigenvalue weighted by atomic mass is 19.3. The summed E-state index contributed by atoms with van der Waals surface area (Å²) in [6.45, 7) is 0.388.